The van der Waals surface area contributed by atoms with Gasteiger partial charge in [0, 0.05) is 30.2 Å². The van der Waals surface area contributed by atoms with E-state index in [0.29, 0.717) is 25.2 Å². The third-order valence-electron chi connectivity index (χ3n) is 5.75. The van der Waals surface area contributed by atoms with Crippen molar-refractivity contribution >= 4 is 22.8 Å². The molecule has 8 heteroatoms. The number of aromatic nitrogens is 3. The highest BCUT2D eigenvalue weighted by molar-refractivity contribution is 5.90. The molecule has 0 aliphatic carbocycles. The van der Waals surface area contributed by atoms with Gasteiger partial charge in [-0.3, -0.25) is 9.48 Å². The number of nitrogens with one attached hydrogen (secondary N) is 1. The SMILES string of the molecule is COc1ccc2[nH]cc(CC(=O)N3CCC(n4ncc(C(=O)O)c4C)CC3)c2c1. The molecule has 2 N–H and O–H groups in total. The van der Waals surface area contributed by atoms with Crippen molar-refractivity contribution in [3.63, 3.8) is 0 Å². The third kappa shape index (κ3) is 3.57. The number of amides is 1. The van der Waals surface area contributed by atoms with Gasteiger partial charge >= 0.3 is 5.97 Å². The highest BCUT2D eigenvalue weighted by Crippen LogP contribution is 2.27. The Balaban J connectivity index is 1.41. The van der Waals surface area contributed by atoms with Crippen LogP contribution in [0.1, 0.15) is 40.5 Å². The van der Waals surface area contributed by atoms with Gasteiger partial charge in [0.1, 0.15) is 11.3 Å². The van der Waals surface area contributed by atoms with Gasteiger partial charge in [0.2, 0.25) is 5.91 Å². The number of fused-ring (bicyclic) bond motifs is 1. The first kappa shape index (κ1) is 19.0. The first-order valence-corrected chi connectivity index (χ1v) is 9.67. The maximum atomic E-state index is 12.8. The summed E-state index contributed by atoms with van der Waals surface area (Å²) in [6.07, 6.45) is 5.14. The summed E-state index contributed by atoms with van der Waals surface area (Å²) in [6, 6.07) is 5.90. The lowest BCUT2D eigenvalue weighted by molar-refractivity contribution is -0.131. The molecule has 3 aromatic rings. The Kier molecular flexibility index (Phi) is 5.00. The Labute approximate surface area is 168 Å². The summed E-state index contributed by atoms with van der Waals surface area (Å²) >= 11 is 0. The van der Waals surface area contributed by atoms with Crippen LogP contribution in [0.3, 0.4) is 0 Å². The average Bonchev–Trinajstić information content (AvgIpc) is 3.31. The second-order valence-corrected chi connectivity index (χ2v) is 7.41. The van der Waals surface area contributed by atoms with Crippen molar-refractivity contribution in [1.82, 2.24) is 19.7 Å². The molecule has 29 heavy (non-hydrogen) atoms. The number of piperidine rings is 1. The molecule has 0 bridgehead atoms. The van der Waals surface area contributed by atoms with E-state index in [1.54, 1.807) is 18.7 Å². The number of benzene rings is 1. The average molecular weight is 396 g/mol. The fourth-order valence-electron chi connectivity index (χ4n) is 4.07. The Morgan fingerprint density at radius 2 is 2.07 bits per heavy atom. The van der Waals surface area contributed by atoms with Crippen LogP contribution >= 0.6 is 0 Å². The monoisotopic (exact) mass is 396 g/mol. The number of carbonyl (C=O) groups excluding carboxylic acids is 1. The highest BCUT2D eigenvalue weighted by Gasteiger charge is 2.27. The lowest BCUT2D eigenvalue weighted by atomic mass is 10.0. The zero-order valence-electron chi connectivity index (χ0n) is 16.5. The molecule has 1 amide bonds. The molecular formula is C21H24N4O4. The van der Waals surface area contributed by atoms with Crippen LogP contribution in [0.4, 0.5) is 0 Å². The molecule has 3 heterocycles. The van der Waals surface area contributed by atoms with Crippen LogP contribution in [-0.2, 0) is 11.2 Å². The van der Waals surface area contributed by atoms with E-state index < -0.39 is 5.97 Å². The van der Waals surface area contributed by atoms with Gasteiger partial charge in [-0.15, -0.1) is 0 Å². The molecular weight excluding hydrogens is 372 g/mol. The molecule has 0 spiro atoms. The molecule has 4 rings (SSSR count). The first-order chi connectivity index (χ1) is 14.0. The van der Waals surface area contributed by atoms with Crippen LogP contribution in [0.25, 0.3) is 10.9 Å². The van der Waals surface area contributed by atoms with Crippen molar-refractivity contribution in [3.05, 3.63) is 47.4 Å². The smallest absolute Gasteiger partial charge is 0.339 e. The third-order valence-corrected chi connectivity index (χ3v) is 5.75. The van der Waals surface area contributed by atoms with Crippen LogP contribution in [0.15, 0.2) is 30.6 Å². The van der Waals surface area contributed by atoms with Crippen molar-refractivity contribution in [1.29, 1.82) is 0 Å². The molecule has 1 aliphatic heterocycles. The van der Waals surface area contributed by atoms with E-state index in [1.165, 1.54) is 6.20 Å². The normalized spacial score (nSPS) is 15.0. The Bertz CT molecular complexity index is 1060. The quantitative estimate of drug-likeness (QED) is 0.691. The molecule has 1 aliphatic rings. The topological polar surface area (TPSA) is 100 Å². The summed E-state index contributed by atoms with van der Waals surface area (Å²) in [5.41, 5.74) is 2.84. The number of nitrogens with zero attached hydrogens (tertiary/aromatic N) is 3. The zero-order valence-corrected chi connectivity index (χ0v) is 16.5. The van der Waals surface area contributed by atoms with Crippen molar-refractivity contribution in [2.24, 2.45) is 0 Å². The van der Waals surface area contributed by atoms with Gasteiger partial charge in [-0.1, -0.05) is 0 Å². The summed E-state index contributed by atoms with van der Waals surface area (Å²) in [6.45, 7) is 3.05. The number of aromatic amines is 1. The molecule has 152 valence electrons. The van der Waals surface area contributed by atoms with Crippen LogP contribution in [0.2, 0.25) is 0 Å². The molecule has 0 saturated carbocycles. The number of methoxy groups -OCH3 is 1. The number of H-pyrrole nitrogens is 1. The van der Waals surface area contributed by atoms with E-state index in [1.807, 2.05) is 29.3 Å². The summed E-state index contributed by atoms with van der Waals surface area (Å²) in [4.78, 5) is 29.2. The predicted octanol–water partition coefficient (Wildman–Crippen LogP) is 2.79. The molecule has 1 fully saturated rings. The summed E-state index contributed by atoms with van der Waals surface area (Å²) < 4.78 is 7.08. The number of ether oxygens (including phenoxy) is 1. The van der Waals surface area contributed by atoms with Crippen molar-refractivity contribution in [3.8, 4) is 5.75 Å². The number of rotatable bonds is 5. The fourth-order valence-corrected chi connectivity index (χ4v) is 4.07. The van der Waals surface area contributed by atoms with Crippen LogP contribution in [-0.4, -0.2) is 56.8 Å². The van der Waals surface area contributed by atoms with E-state index >= 15 is 0 Å². The maximum Gasteiger partial charge on any atom is 0.339 e. The number of hydrogen-bond acceptors (Lipinski definition) is 4. The number of hydrogen-bond donors (Lipinski definition) is 2. The highest BCUT2D eigenvalue weighted by atomic mass is 16.5. The Hall–Kier alpha value is -3.29. The van der Waals surface area contributed by atoms with Crippen LogP contribution in [0, 0.1) is 6.92 Å². The molecule has 2 aromatic heterocycles. The van der Waals surface area contributed by atoms with Crippen molar-refractivity contribution in [2.75, 3.05) is 20.2 Å². The second-order valence-electron chi connectivity index (χ2n) is 7.41. The van der Waals surface area contributed by atoms with E-state index in [2.05, 4.69) is 10.1 Å². The minimum Gasteiger partial charge on any atom is -0.497 e. The molecule has 8 nitrogen and oxygen atoms in total. The van der Waals surface area contributed by atoms with Gasteiger partial charge in [0.05, 0.1) is 31.5 Å². The minimum atomic E-state index is -0.961. The zero-order chi connectivity index (χ0) is 20.5. The number of carbonyl (C=O) groups is 2. The molecule has 0 unspecified atom stereocenters. The van der Waals surface area contributed by atoms with Gasteiger partial charge in [-0.25, -0.2) is 4.79 Å². The Morgan fingerprint density at radius 3 is 2.72 bits per heavy atom. The molecule has 0 radical (unpaired) electrons. The summed E-state index contributed by atoms with van der Waals surface area (Å²) in [7, 11) is 1.63. The van der Waals surface area contributed by atoms with Gasteiger partial charge in [-0.05, 0) is 43.5 Å². The summed E-state index contributed by atoms with van der Waals surface area (Å²) in [5, 5.41) is 14.5. The van der Waals surface area contributed by atoms with Gasteiger partial charge < -0.3 is 19.7 Å². The lowest BCUT2D eigenvalue weighted by Gasteiger charge is -2.32. The van der Waals surface area contributed by atoms with E-state index in [9.17, 15) is 14.7 Å². The second kappa shape index (κ2) is 7.62. The van der Waals surface area contributed by atoms with E-state index in [0.717, 1.165) is 35.1 Å². The fraction of sp³-hybridized carbons (Fsp3) is 0.381. The van der Waals surface area contributed by atoms with Crippen molar-refractivity contribution in [2.45, 2.75) is 32.2 Å². The number of carboxylic acid groups (broad SMARTS) is 1. The van der Waals surface area contributed by atoms with E-state index in [4.69, 9.17) is 4.74 Å². The number of likely N-dealkylation sites (tertiary alicyclic amines) is 1. The van der Waals surface area contributed by atoms with Crippen LogP contribution in [0.5, 0.6) is 5.75 Å². The maximum absolute atomic E-state index is 12.8. The standard InChI is InChI=1S/C21H24N4O4/c1-13-18(21(27)28)12-23-25(13)15-5-7-24(8-6-15)20(26)9-14-11-22-19-4-3-16(29-2)10-17(14)19/h3-4,10-12,15,22H,5-9H2,1-2H3,(H,27,28). The van der Waals surface area contributed by atoms with Gasteiger partial charge in [0.15, 0.2) is 0 Å². The largest absolute Gasteiger partial charge is 0.497 e. The molecule has 1 saturated heterocycles. The molecule has 0 atom stereocenters. The summed E-state index contributed by atoms with van der Waals surface area (Å²) in [5.74, 6) is -0.103. The number of carboxylic acids is 1. The number of aromatic carboxylic acids is 1. The first-order valence-electron chi connectivity index (χ1n) is 9.67. The van der Waals surface area contributed by atoms with Gasteiger partial charge in [0.25, 0.3) is 0 Å². The van der Waals surface area contributed by atoms with Crippen molar-refractivity contribution < 1.29 is 19.4 Å². The molecule has 1 aromatic carbocycles. The van der Waals surface area contributed by atoms with E-state index in [-0.39, 0.29) is 17.5 Å². The predicted molar refractivity (Wildman–Crippen MR) is 107 cm³/mol. The lowest BCUT2D eigenvalue weighted by Crippen LogP contribution is -2.40. The van der Waals surface area contributed by atoms with Gasteiger partial charge in [-0.2, -0.15) is 5.10 Å². The minimum absolute atomic E-state index is 0.0931. The Morgan fingerprint density at radius 1 is 1.31 bits per heavy atom. The van der Waals surface area contributed by atoms with Crippen LogP contribution < -0.4 is 4.74 Å².